The van der Waals surface area contributed by atoms with E-state index in [1.165, 1.54) is 11.1 Å². The molecule has 1 atom stereocenters. The maximum atomic E-state index is 6.00. The van der Waals surface area contributed by atoms with Crippen molar-refractivity contribution in [3.8, 4) is 0 Å². The summed E-state index contributed by atoms with van der Waals surface area (Å²) in [4.78, 5) is 0. The number of hydrogen-bond acceptors (Lipinski definition) is 3. The number of rotatable bonds is 3. The molecule has 0 saturated heterocycles. The summed E-state index contributed by atoms with van der Waals surface area (Å²) in [5, 5.41) is 8.31. The van der Waals surface area contributed by atoms with Gasteiger partial charge in [-0.1, -0.05) is 22.8 Å². The minimum atomic E-state index is 0.468. The van der Waals surface area contributed by atoms with Gasteiger partial charge in [-0.25, -0.2) is 0 Å². The molecule has 0 radical (unpaired) electrons. The van der Waals surface area contributed by atoms with Gasteiger partial charge in [0, 0.05) is 23.7 Å². The largest absolute Gasteiger partial charge is 0.361 e. The van der Waals surface area contributed by atoms with Gasteiger partial charge in [-0.3, -0.25) is 0 Å². The highest BCUT2D eigenvalue weighted by atomic mass is 35.5. The molecular formula is C14H15ClN2O. The van der Waals surface area contributed by atoms with Crippen molar-refractivity contribution in [2.75, 3.05) is 0 Å². The monoisotopic (exact) mass is 262 g/mol. The van der Waals surface area contributed by atoms with Crippen molar-refractivity contribution in [1.82, 2.24) is 10.5 Å². The highest BCUT2D eigenvalue weighted by Crippen LogP contribution is 2.25. The van der Waals surface area contributed by atoms with E-state index < -0.39 is 0 Å². The number of nitrogens with zero attached hydrogens (tertiary/aromatic N) is 1. The van der Waals surface area contributed by atoms with Crippen LogP contribution >= 0.6 is 11.6 Å². The SMILES string of the molecule is Cc1cc(CNC2Cc3ccc(Cl)cc3C2)no1. The molecule has 0 amide bonds. The Morgan fingerprint density at radius 1 is 1.33 bits per heavy atom. The molecule has 1 aromatic carbocycles. The molecule has 0 fully saturated rings. The normalized spacial score (nSPS) is 18.0. The summed E-state index contributed by atoms with van der Waals surface area (Å²) < 4.78 is 5.05. The van der Waals surface area contributed by atoms with Gasteiger partial charge in [-0.05, 0) is 43.0 Å². The van der Waals surface area contributed by atoms with Crippen molar-refractivity contribution < 1.29 is 4.52 Å². The average molecular weight is 263 g/mol. The van der Waals surface area contributed by atoms with Crippen LogP contribution in [-0.4, -0.2) is 11.2 Å². The third kappa shape index (κ3) is 2.42. The Balaban J connectivity index is 1.61. The van der Waals surface area contributed by atoms with Gasteiger partial charge >= 0.3 is 0 Å². The molecule has 1 aliphatic rings. The first kappa shape index (κ1) is 11.8. The number of fused-ring (bicyclic) bond motifs is 1. The molecule has 1 aliphatic carbocycles. The van der Waals surface area contributed by atoms with E-state index >= 15 is 0 Å². The lowest BCUT2D eigenvalue weighted by Gasteiger charge is -2.09. The van der Waals surface area contributed by atoms with Gasteiger partial charge in [0.15, 0.2) is 0 Å². The Morgan fingerprint density at radius 2 is 2.17 bits per heavy atom. The van der Waals surface area contributed by atoms with Crippen molar-refractivity contribution in [3.63, 3.8) is 0 Å². The minimum absolute atomic E-state index is 0.468. The van der Waals surface area contributed by atoms with Crippen LogP contribution in [0.3, 0.4) is 0 Å². The second-order valence-corrected chi connectivity index (χ2v) is 5.26. The van der Waals surface area contributed by atoms with E-state index in [1.807, 2.05) is 19.1 Å². The molecule has 0 bridgehead atoms. The molecule has 0 saturated carbocycles. The maximum Gasteiger partial charge on any atom is 0.133 e. The van der Waals surface area contributed by atoms with E-state index in [4.69, 9.17) is 16.1 Å². The van der Waals surface area contributed by atoms with Gasteiger partial charge in [0.05, 0.1) is 5.69 Å². The Morgan fingerprint density at radius 3 is 2.94 bits per heavy atom. The molecule has 1 N–H and O–H groups in total. The van der Waals surface area contributed by atoms with Crippen LogP contribution in [0.15, 0.2) is 28.8 Å². The predicted molar refractivity (Wildman–Crippen MR) is 70.7 cm³/mol. The quantitative estimate of drug-likeness (QED) is 0.924. The molecule has 0 aliphatic heterocycles. The van der Waals surface area contributed by atoms with Crippen LogP contribution in [0.2, 0.25) is 5.02 Å². The fourth-order valence-corrected chi connectivity index (χ4v) is 2.68. The highest BCUT2D eigenvalue weighted by Gasteiger charge is 2.21. The Labute approximate surface area is 111 Å². The molecule has 18 heavy (non-hydrogen) atoms. The number of aromatic nitrogens is 1. The zero-order valence-electron chi connectivity index (χ0n) is 10.2. The first-order valence-electron chi connectivity index (χ1n) is 6.13. The third-order valence-corrected chi connectivity index (χ3v) is 3.58. The molecule has 1 aromatic heterocycles. The van der Waals surface area contributed by atoms with Gasteiger partial charge < -0.3 is 9.84 Å². The highest BCUT2D eigenvalue weighted by molar-refractivity contribution is 6.30. The van der Waals surface area contributed by atoms with Crippen molar-refractivity contribution >= 4 is 11.6 Å². The van der Waals surface area contributed by atoms with E-state index in [2.05, 4.69) is 22.6 Å². The standard InChI is InChI=1S/C14H15ClN2O/c1-9-4-14(17-18-9)8-16-13-6-10-2-3-12(15)5-11(10)7-13/h2-5,13,16H,6-8H2,1H3. The summed E-state index contributed by atoms with van der Waals surface area (Å²) in [5.41, 5.74) is 3.71. The first-order chi connectivity index (χ1) is 8.70. The first-order valence-corrected chi connectivity index (χ1v) is 6.51. The van der Waals surface area contributed by atoms with Crippen LogP contribution in [0.4, 0.5) is 0 Å². The summed E-state index contributed by atoms with van der Waals surface area (Å²) >= 11 is 6.00. The fourth-order valence-electron chi connectivity index (χ4n) is 2.48. The van der Waals surface area contributed by atoms with E-state index in [9.17, 15) is 0 Å². The van der Waals surface area contributed by atoms with Crippen LogP contribution in [-0.2, 0) is 19.4 Å². The summed E-state index contributed by atoms with van der Waals surface area (Å²) in [7, 11) is 0. The smallest absolute Gasteiger partial charge is 0.133 e. The maximum absolute atomic E-state index is 6.00. The topological polar surface area (TPSA) is 38.1 Å². The van der Waals surface area contributed by atoms with E-state index in [-0.39, 0.29) is 0 Å². The molecule has 3 nitrogen and oxygen atoms in total. The van der Waals surface area contributed by atoms with Crippen molar-refractivity contribution in [2.24, 2.45) is 0 Å². The molecule has 94 valence electrons. The lowest BCUT2D eigenvalue weighted by molar-refractivity contribution is 0.385. The zero-order valence-corrected chi connectivity index (χ0v) is 11.0. The molecular weight excluding hydrogens is 248 g/mol. The van der Waals surface area contributed by atoms with E-state index in [1.54, 1.807) is 0 Å². The Kier molecular flexibility index (Phi) is 3.10. The predicted octanol–water partition coefficient (Wildman–Crippen LogP) is 2.89. The number of halogens is 1. The Hall–Kier alpha value is -1.32. The molecule has 3 rings (SSSR count). The lowest BCUT2D eigenvalue weighted by atomic mass is 10.1. The van der Waals surface area contributed by atoms with Gasteiger partial charge in [-0.15, -0.1) is 0 Å². The summed E-state index contributed by atoms with van der Waals surface area (Å²) in [5.74, 6) is 0.855. The third-order valence-electron chi connectivity index (χ3n) is 3.35. The van der Waals surface area contributed by atoms with Crippen molar-refractivity contribution in [3.05, 3.63) is 51.9 Å². The van der Waals surface area contributed by atoms with Crippen LogP contribution < -0.4 is 5.32 Å². The Bertz CT molecular complexity index is 565. The molecule has 0 spiro atoms. The number of benzene rings is 1. The van der Waals surface area contributed by atoms with Crippen LogP contribution in [0.5, 0.6) is 0 Å². The van der Waals surface area contributed by atoms with Gasteiger partial charge in [0.25, 0.3) is 0 Å². The number of nitrogens with one attached hydrogen (secondary N) is 1. The summed E-state index contributed by atoms with van der Waals surface area (Å²) in [6.45, 7) is 2.66. The molecule has 2 aromatic rings. The number of hydrogen-bond donors (Lipinski definition) is 1. The average Bonchev–Trinajstić information content (AvgIpc) is 2.92. The van der Waals surface area contributed by atoms with E-state index in [0.29, 0.717) is 6.04 Å². The van der Waals surface area contributed by atoms with Gasteiger partial charge in [0.2, 0.25) is 0 Å². The molecule has 1 unspecified atom stereocenters. The minimum Gasteiger partial charge on any atom is -0.361 e. The fraction of sp³-hybridized carbons (Fsp3) is 0.357. The van der Waals surface area contributed by atoms with Crippen LogP contribution in [0.1, 0.15) is 22.6 Å². The molecule has 1 heterocycles. The number of aryl methyl sites for hydroxylation is 1. The van der Waals surface area contributed by atoms with Gasteiger partial charge in [-0.2, -0.15) is 0 Å². The van der Waals surface area contributed by atoms with Crippen LogP contribution in [0.25, 0.3) is 0 Å². The molecule has 4 heteroatoms. The summed E-state index contributed by atoms with van der Waals surface area (Å²) in [6, 6.07) is 8.59. The van der Waals surface area contributed by atoms with E-state index in [0.717, 1.165) is 35.9 Å². The second kappa shape index (κ2) is 4.75. The zero-order chi connectivity index (χ0) is 12.5. The lowest BCUT2D eigenvalue weighted by Crippen LogP contribution is -2.29. The second-order valence-electron chi connectivity index (χ2n) is 4.83. The van der Waals surface area contributed by atoms with Crippen molar-refractivity contribution in [1.29, 1.82) is 0 Å². The van der Waals surface area contributed by atoms with Gasteiger partial charge in [0.1, 0.15) is 5.76 Å². The van der Waals surface area contributed by atoms with Crippen LogP contribution in [0, 0.1) is 6.92 Å². The summed E-state index contributed by atoms with van der Waals surface area (Å²) in [6.07, 6.45) is 2.09. The van der Waals surface area contributed by atoms with Crippen molar-refractivity contribution in [2.45, 2.75) is 32.4 Å².